The number of benzene rings is 1. The van der Waals surface area contributed by atoms with Gasteiger partial charge in [0.15, 0.2) is 0 Å². The minimum atomic E-state index is -0.882. The van der Waals surface area contributed by atoms with Gasteiger partial charge in [-0.2, -0.15) is 0 Å². The second-order valence-electron chi connectivity index (χ2n) is 9.55. The molecule has 0 atom stereocenters. The smallest absolute Gasteiger partial charge is 0.325 e. The van der Waals surface area contributed by atoms with Crippen LogP contribution in [0.4, 0.5) is 10.7 Å². The number of nitrogens with one attached hydrogen (secondary N) is 2. The third kappa shape index (κ3) is 5.87. The number of aromatic nitrogens is 5. The number of carbonyl (C=O) groups excluding carboxylic acids is 3. The van der Waals surface area contributed by atoms with Crippen LogP contribution in [0.1, 0.15) is 24.8 Å². The van der Waals surface area contributed by atoms with Gasteiger partial charge >= 0.3 is 6.03 Å². The number of piperidine rings is 1. The number of carbonyl (C=O) groups is 3. The second-order valence-corrected chi connectivity index (χ2v) is 9.55. The molecule has 4 amide bonds. The lowest BCUT2D eigenvalue weighted by Gasteiger charge is -2.37. The van der Waals surface area contributed by atoms with Crippen LogP contribution in [0.3, 0.4) is 0 Å². The van der Waals surface area contributed by atoms with Gasteiger partial charge in [-0.05, 0) is 18.4 Å². The van der Waals surface area contributed by atoms with Gasteiger partial charge in [0.05, 0.1) is 32.5 Å². The molecule has 3 aromatic rings. The van der Waals surface area contributed by atoms with Crippen molar-refractivity contribution in [1.82, 2.24) is 40.5 Å². The normalized spacial score (nSPS) is 16.5. The molecule has 1 aromatic carbocycles. The van der Waals surface area contributed by atoms with Gasteiger partial charge in [0.1, 0.15) is 11.2 Å². The third-order valence-corrected chi connectivity index (χ3v) is 7.02. The Morgan fingerprint density at radius 3 is 2.56 bits per heavy atom. The highest BCUT2D eigenvalue weighted by molar-refractivity contribution is 6.07. The summed E-state index contributed by atoms with van der Waals surface area (Å²) in [6.07, 6.45) is 6.47. The molecule has 2 aliphatic rings. The molecule has 2 aromatic heterocycles. The van der Waals surface area contributed by atoms with Crippen molar-refractivity contribution in [3.63, 3.8) is 0 Å². The van der Waals surface area contributed by atoms with Crippen molar-refractivity contribution in [3.8, 4) is 11.3 Å². The van der Waals surface area contributed by atoms with Gasteiger partial charge in [0.2, 0.25) is 11.9 Å². The average Bonchev–Trinajstić information content (AvgIpc) is 3.53. The maximum absolute atomic E-state index is 13.2. The van der Waals surface area contributed by atoms with Crippen molar-refractivity contribution in [2.75, 3.05) is 38.3 Å². The van der Waals surface area contributed by atoms with Gasteiger partial charge in [-0.25, -0.2) is 19.4 Å². The maximum atomic E-state index is 13.2. The Morgan fingerprint density at radius 1 is 1.10 bits per heavy atom. The summed E-state index contributed by atoms with van der Waals surface area (Å²) in [5, 5.41) is 13.8. The van der Waals surface area contributed by atoms with Gasteiger partial charge in [-0.1, -0.05) is 35.5 Å². The van der Waals surface area contributed by atoms with Crippen LogP contribution < -0.4 is 15.5 Å². The first-order valence-electron chi connectivity index (χ1n) is 12.9. The van der Waals surface area contributed by atoms with E-state index in [-0.39, 0.29) is 24.4 Å². The molecule has 39 heavy (non-hydrogen) atoms. The summed E-state index contributed by atoms with van der Waals surface area (Å²) >= 11 is 0. The predicted octanol–water partition coefficient (Wildman–Crippen LogP) is 0.979. The van der Waals surface area contributed by atoms with Crippen molar-refractivity contribution in [2.45, 2.75) is 37.9 Å². The number of urea groups is 1. The monoisotopic (exact) mass is 533 g/mol. The average molecular weight is 534 g/mol. The highest BCUT2D eigenvalue weighted by Gasteiger charge is 2.52. The van der Waals surface area contributed by atoms with Crippen molar-refractivity contribution < 1.29 is 19.1 Å². The van der Waals surface area contributed by atoms with Crippen LogP contribution in [0.2, 0.25) is 0 Å². The third-order valence-electron chi connectivity index (χ3n) is 7.02. The van der Waals surface area contributed by atoms with Crippen molar-refractivity contribution in [1.29, 1.82) is 0 Å². The summed E-state index contributed by atoms with van der Waals surface area (Å²) in [7, 11) is 1.59. The van der Waals surface area contributed by atoms with Gasteiger partial charge in [0, 0.05) is 44.5 Å². The Bertz CT molecular complexity index is 1300. The number of anilines is 1. The van der Waals surface area contributed by atoms with Crippen LogP contribution in [0.25, 0.3) is 11.3 Å². The highest BCUT2D eigenvalue weighted by atomic mass is 16.5. The number of nitrogens with zero attached hydrogens (tertiary/aromatic N) is 7. The van der Waals surface area contributed by atoms with E-state index in [1.165, 1.54) is 4.90 Å². The molecule has 2 fully saturated rings. The number of imide groups is 1. The fourth-order valence-electron chi connectivity index (χ4n) is 4.72. The summed E-state index contributed by atoms with van der Waals surface area (Å²) in [5.41, 5.74) is 1.40. The van der Waals surface area contributed by atoms with Gasteiger partial charge < -0.3 is 20.3 Å². The molecule has 204 valence electrons. The number of rotatable bonds is 10. The molecule has 0 aliphatic carbocycles. The minimum Gasteiger partial charge on any atom is -0.379 e. The summed E-state index contributed by atoms with van der Waals surface area (Å²) in [6, 6.07) is 9.15. The fraction of sp³-hybridized carbons (Fsp3) is 0.423. The largest absolute Gasteiger partial charge is 0.379 e. The van der Waals surface area contributed by atoms with Crippen molar-refractivity contribution in [2.24, 2.45) is 0 Å². The molecular weight excluding hydrogens is 502 g/mol. The zero-order valence-electron chi connectivity index (χ0n) is 21.7. The number of hydrogen-bond acceptors (Lipinski definition) is 9. The Morgan fingerprint density at radius 2 is 1.85 bits per heavy atom. The molecule has 0 saturated carbocycles. The van der Waals surface area contributed by atoms with E-state index in [0.29, 0.717) is 63.8 Å². The first kappa shape index (κ1) is 26.2. The van der Waals surface area contributed by atoms with Crippen LogP contribution in [0.5, 0.6) is 0 Å². The zero-order chi connectivity index (χ0) is 27.2. The molecule has 2 N–H and O–H groups in total. The Balaban J connectivity index is 1.13. The molecule has 2 saturated heterocycles. The lowest BCUT2D eigenvalue weighted by atomic mass is 9.87. The Labute approximate surface area is 225 Å². The molecule has 13 heteroatoms. The van der Waals surface area contributed by atoms with E-state index in [9.17, 15) is 14.4 Å². The maximum Gasteiger partial charge on any atom is 0.325 e. The number of hydrogen-bond donors (Lipinski definition) is 2. The van der Waals surface area contributed by atoms with Gasteiger partial charge in [-0.3, -0.25) is 14.5 Å². The molecular formula is C26H31N9O4. The SMILES string of the molecule is CNC(=O)CCOCCn1cc(-c2cnc(N3CCC4(CC3)NC(=O)N(Cc3ccccc3)C4=O)nc2)nn1. The van der Waals surface area contributed by atoms with Crippen LogP contribution in [0, 0.1) is 0 Å². The molecule has 1 spiro atoms. The second kappa shape index (κ2) is 11.6. The molecule has 0 radical (unpaired) electrons. The lowest BCUT2D eigenvalue weighted by molar-refractivity contribution is -0.132. The van der Waals surface area contributed by atoms with E-state index in [4.69, 9.17) is 4.74 Å². The molecule has 13 nitrogen and oxygen atoms in total. The first-order chi connectivity index (χ1) is 19.0. The summed E-state index contributed by atoms with van der Waals surface area (Å²) in [4.78, 5) is 49.4. The van der Waals surface area contributed by atoms with Crippen LogP contribution in [-0.4, -0.2) is 86.6 Å². The number of ether oxygens (including phenoxy) is 1. The van der Waals surface area contributed by atoms with E-state index in [2.05, 4.69) is 30.9 Å². The molecule has 0 bridgehead atoms. The summed E-state index contributed by atoms with van der Waals surface area (Å²) in [5.74, 6) is 0.324. The lowest BCUT2D eigenvalue weighted by Crippen LogP contribution is -2.55. The topological polar surface area (TPSA) is 147 Å². The van der Waals surface area contributed by atoms with E-state index in [0.717, 1.165) is 11.1 Å². The van der Waals surface area contributed by atoms with Crippen LogP contribution in [-0.2, 0) is 27.4 Å². The fourth-order valence-corrected chi connectivity index (χ4v) is 4.72. The summed E-state index contributed by atoms with van der Waals surface area (Å²) in [6.45, 7) is 2.62. The predicted molar refractivity (Wildman–Crippen MR) is 140 cm³/mol. The molecule has 4 heterocycles. The standard InChI is InChI=1S/C26H31N9O4/c1-27-22(36)7-13-39-14-12-34-18-21(31-32-34)20-15-28-24(29-16-20)33-10-8-26(9-11-33)23(37)35(25(38)30-26)17-19-5-3-2-4-6-19/h2-6,15-16,18H,7-14,17H2,1H3,(H,27,36)(H,30,38). The Kier molecular flexibility index (Phi) is 7.77. The minimum absolute atomic E-state index is 0.0603. The van der Waals surface area contributed by atoms with E-state index >= 15 is 0 Å². The molecule has 2 aliphatic heterocycles. The van der Waals surface area contributed by atoms with E-state index in [1.54, 1.807) is 30.3 Å². The number of amides is 4. The first-order valence-corrected chi connectivity index (χ1v) is 12.9. The van der Waals surface area contributed by atoms with E-state index in [1.807, 2.05) is 35.2 Å². The van der Waals surface area contributed by atoms with Crippen molar-refractivity contribution in [3.05, 3.63) is 54.5 Å². The van der Waals surface area contributed by atoms with Gasteiger partial charge in [-0.15, -0.1) is 5.10 Å². The van der Waals surface area contributed by atoms with Crippen LogP contribution >= 0.6 is 0 Å². The van der Waals surface area contributed by atoms with Gasteiger partial charge in [0.25, 0.3) is 5.91 Å². The quantitative estimate of drug-likeness (QED) is 0.287. The summed E-state index contributed by atoms with van der Waals surface area (Å²) < 4.78 is 7.13. The molecule has 5 rings (SSSR count). The van der Waals surface area contributed by atoms with E-state index < -0.39 is 5.54 Å². The zero-order valence-corrected chi connectivity index (χ0v) is 21.7. The Hall–Kier alpha value is -4.39. The highest BCUT2D eigenvalue weighted by Crippen LogP contribution is 2.31. The molecule has 0 unspecified atom stereocenters. The van der Waals surface area contributed by atoms with Crippen LogP contribution in [0.15, 0.2) is 48.9 Å². The van der Waals surface area contributed by atoms with Crippen molar-refractivity contribution >= 4 is 23.8 Å².